The summed E-state index contributed by atoms with van der Waals surface area (Å²) < 4.78 is 12.3. The summed E-state index contributed by atoms with van der Waals surface area (Å²) in [6.45, 7) is 2.08. The number of furan rings is 1. The van der Waals surface area contributed by atoms with Gasteiger partial charge in [-0.15, -0.1) is 11.3 Å². The number of nitrogens with one attached hydrogen (secondary N) is 1. The van der Waals surface area contributed by atoms with Gasteiger partial charge < -0.3 is 9.15 Å². The highest BCUT2D eigenvalue weighted by Gasteiger charge is 2.26. The van der Waals surface area contributed by atoms with Gasteiger partial charge in [0.15, 0.2) is 5.76 Å². The van der Waals surface area contributed by atoms with Gasteiger partial charge in [0.05, 0.1) is 5.71 Å². The average molecular weight is 452 g/mol. The largest absolute Gasteiger partial charge is 0.485 e. The fourth-order valence-corrected chi connectivity index (χ4v) is 4.72. The summed E-state index contributed by atoms with van der Waals surface area (Å²) >= 11 is 1.50. The number of thiazole rings is 1. The van der Waals surface area contributed by atoms with Crippen LogP contribution in [0.15, 0.2) is 93.8 Å². The molecule has 5 aromatic rings. The van der Waals surface area contributed by atoms with Crippen LogP contribution in [0.3, 0.4) is 0 Å². The van der Waals surface area contributed by atoms with Crippen LogP contribution in [0.2, 0.25) is 0 Å². The first-order valence-corrected chi connectivity index (χ1v) is 11.7. The van der Waals surface area contributed by atoms with Gasteiger partial charge in [-0.25, -0.2) is 4.98 Å². The van der Waals surface area contributed by atoms with Crippen LogP contribution in [-0.2, 0) is 0 Å². The van der Waals surface area contributed by atoms with Gasteiger partial charge in [-0.2, -0.15) is 5.10 Å². The molecular formula is C27H21N3O2S. The minimum absolute atomic E-state index is 0.0793. The predicted molar refractivity (Wildman–Crippen MR) is 133 cm³/mol. The van der Waals surface area contributed by atoms with Crippen LogP contribution in [0, 0.1) is 6.92 Å². The summed E-state index contributed by atoms with van der Waals surface area (Å²) in [5.41, 5.74) is 9.10. The van der Waals surface area contributed by atoms with Crippen LogP contribution in [0.1, 0.15) is 29.2 Å². The number of para-hydroxylation sites is 1. The number of ether oxygens (including phenoxy) is 1. The second-order valence-corrected chi connectivity index (χ2v) is 8.94. The first-order chi connectivity index (χ1) is 16.2. The number of nitrogens with zero attached hydrogens (tertiary/aromatic N) is 2. The van der Waals surface area contributed by atoms with Crippen molar-refractivity contribution in [1.29, 1.82) is 0 Å². The van der Waals surface area contributed by atoms with Crippen molar-refractivity contribution in [2.75, 3.05) is 5.43 Å². The van der Waals surface area contributed by atoms with Gasteiger partial charge in [-0.3, -0.25) is 5.43 Å². The summed E-state index contributed by atoms with van der Waals surface area (Å²) in [5.74, 6) is 1.60. The molecule has 3 heterocycles. The van der Waals surface area contributed by atoms with Crippen molar-refractivity contribution in [3.8, 4) is 17.2 Å². The number of anilines is 1. The van der Waals surface area contributed by atoms with Gasteiger partial charge in [0.2, 0.25) is 5.13 Å². The van der Waals surface area contributed by atoms with E-state index >= 15 is 0 Å². The lowest BCUT2D eigenvalue weighted by Crippen LogP contribution is -2.22. The molecule has 0 radical (unpaired) electrons. The molecule has 3 aromatic carbocycles. The van der Waals surface area contributed by atoms with Crippen molar-refractivity contribution >= 4 is 33.1 Å². The summed E-state index contributed by atoms with van der Waals surface area (Å²) in [4.78, 5) is 4.69. The van der Waals surface area contributed by atoms with Crippen LogP contribution in [0.25, 0.3) is 22.4 Å². The molecule has 0 bridgehead atoms. The Hall–Kier alpha value is -3.90. The highest BCUT2D eigenvalue weighted by atomic mass is 32.1. The lowest BCUT2D eigenvalue weighted by Gasteiger charge is -2.27. The smallest absolute Gasteiger partial charge is 0.204 e. The maximum atomic E-state index is 6.31. The number of benzene rings is 3. The molecule has 162 valence electrons. The van der Waals surface area contributed by atoms with Gasteiger partial charge in [0.25, 0.3) is 0 Å². The first kappa shape index (κ1) is 19.8. The zero-order valence-corrected chi connectivity index (χ0v) is 18.8. The third kappa shape index (κ3) is 3.90. The second kappa shape index (κ2) is 8.22. The Morgan fingerprint density at radius 2 is 1.85 bits per heavy atom. The standard InChI is InChI=1S/C27H21N3O2S/c1-17-11-12-24-20(13-17)21(15-25(32-24)18-7-3-2-4-8-18)29-30-27-28-22(16-33-27)26-14-19-9-5-6-10-23(19)31-26/h2-14,16,25H,15H2,1H3,(H,28,30). The SMILES string of the molecule is Cc1ccc2c(c1)C(=NNc1nc(-c3cc4ccccc4o3)cs1)CC(c1ccccc1)O2. The highest BCUT2D eigenvalue weighted by Crippen LogP contribution is 2.36. The summed E-state index contributed by atoms with van der Waals surface area (Å²) in [6, 6.07) is 26.5. The van der Waals surface area contributed by atoms with Gasteiger partial charge in [0, 0.05) is 22.8 Å². The lowest BCUT2D eigenvalue weighted by atomic mass is 9.94. The van der Waals surface area contributed by atoms with Crippen LogP contribution in [0.4, 0.5) is 5.13 Å². The molecule has 6 heteroatoms. The zero-order valence-electron chi connectivity index (χ0n) is 18.0. The topological polar surface area (TPSA) is 59.7 Å². The van der Waals surface area contributed by atoms with Crippen molar-refractivity contribution in [3.63, 3.8) is 0 Å². The molecule has 1 aliphatic rings. The first-order valence-electron chi connectivity index (χ1n) is 10.8. The number of rotatable bonds is 4. The Morgan fingerprint density at radius 1 is 1.00 bits per heavy atom. The monoisotopic (exact) mass is 451 g/mol. The molecule has 0 saturated carbocycles. The van der Waals surface area contributed by atoms with Crippen molar-refractivity contribution in [2.45, 2.75) is 19.4 Å². The quantitative estimate of drug-likeness (QED) is 0.293. The summed E-state index contributed by atoms with van der Waals surface area (Å²) in [5, 5.41) is 8.53. The van der Waals surface area contributed by atoms with E-state index in [1.807, 2.05) is 60.0 Å². The summed E-state index contributed by atoms with van der Waals surface area (Å²) in [6.07, 6.45) is 0.597. The molecule has 1 atom stereocenters. The van der Waals surface area contributed by atoms with E-state index < -0.39 is 0 Å². The van der Waals surface area contributed by atoms with Crippen molar-refractivity contribution in [1.82, 2.24) is 4.98 Å². The Kier molecular flexibility index (Phi) is 4.92. The molecule has 1 aliphatic heterocycles. The molecule has 1 N–H and O–H groups in total. The van der Waals surface area contributed by atoms with Gasteiger partial charge in [-0.05, 0) is 36.8 Å². The third-order valence-electron chi connectivity index (χ3n) is 5.73. The van der Waals surface area contributed by atoms with E-state index in [-0.39, 0.29) is 6.10 Å². The van der Waals surface area contributed by atoms with E-state index in [1.165, 1.54) is 16.9 Å². The van der Waals surface area contributed by atoms with Crippen LogP contribution in [0.5, 0.6) is 5.75 Å². The maximum Gasteiger partial charge on any atom is 0.204 e. The van der Waals surface area contributed by atoms with E-state index in [4.69, 9.17) is 14.3 Å². The number of fused-ring (bicyclic) bond motifs is 2. The molecule has 0 amide bonds. The Bertz CT molecular complexity index is 1440. The molecule has 1 unspecified atom stereocenters. The molecule has 2 aromatic heterocycles. The molecule has 0 aliphatic carbocycles. The fraction of sp³-hybridized carbons (Fsp3) is 0.111. The van der Waals surface area contributed by atoms with Gasteiger partial charge in [0.1, 0.15) is 23.1 Å². The highest BCUT2D eigenvalue weighted by molar-refractivity contribution is 7.14. The number of aryl methyl sites for hydroxylation is 1. The fourth-order valence-electron chi connectivity index (χ4n) is 4.07. The Morgan fingerprint density at radius 3 is 2.73 bits per heavy atom. The van der Waals surface area contributed by atoms with E-state index in [2.05, 4.69) is 41.6 Å². The molecule has 6 rings (SSSR count). The zero-order chi connectivity index (χ0) is 22.2. The molecule has 0 saturated heterocycles. The molecule has 0 spiro atoms. The van der Waals surface area contributed by atoms with Crippen molar-refractivity contribution in [2.24, 2.45) is 5.10 Å². The average Bonchev–Trinajstić information content (AvgIpc) is 3.50. The molecule has 0 fully saturated rings. The number of hydrogen-bond acceptors (Lipinski definition) is 6. The number of hydrazone groups is 1. The van der Waals surface area contributed by atoms with Crippen LogP contribution < -0.4 is 10.2 Å². The molecular weight excluding hydrogens is 430 g/mol. The minimum Gasteiger partial charge on any atom is -0.485 e. The normalized spacial score (nSPS) is 16.5. The Balaban J connectivity index is 1.29. The number of hydrogen-bond donors (Lipinski definition) is 1. The van der Waals surface area contributed by atoms with Gasteiger partial charge >= 0.3 is 0 Å². The van der Waals surface area contributed by atoms with E-state index in [1.54, 1.807) is 0 Å². The number of aromatic nitrogens is 1. The minimum atomic E-state index is -0.0793. The third-order valence-corrected chi connectivity index (χ3v) is 6.48. The van der Waals surface area contributed by atoms with E-state index in [0.717, 1.165) is 50.1 Å². The maximum absolute atomic E-state index is 6.31. The summed E-state index contributed by atoms with van der Waals surface area (Å²) in [7, 11) is 0. The van der Waals surface area contributed by atoms with Crippen LogP contribution >= 0.6 is 11.3 Å². The second-order valence-electron chi connectivity index (χ2n) is 8.08. The van der Waals surface area contributed by atoms with Crippen molar-refractivity contribution in [3.05, 3.63) is 101 Å². The lowest BCUT2D eigenvalue weighted by molar-refractivity contribution is 0.206. The predicted octanol–water partition coefficient (Wildman–Crippen LogP) is 7.20. The van der Waals surface area contributed by atoms with Crippen LogP contribution in [-0.4, -0.2) is 10.7 Å². The molecule has 33 heavy (non-hydrogen) atoms. The van der Waals surface area contributed by atoms with E-state index in [0.29, 0.717) is 6.42 Å². The Labute approximate surface area is 195 Å². The van der Waals surface area contributed by atoms with Crippen molar-refractivity contribution < 1.29 is 9.15 Å². The van der Waals surface area contributed by atoms with E-state index in [9.17, 15) is 0 Å². The molecule has 5 nitrogen and oxygen atoms in total. The van der Waals surface area contributed by atoms with Gasteiger partial charge in [-0.1, -0.05) is 60.2 Å².